The number of hydrogen-bond acceptors (Lipinski definition) is 2. The van der Waals surface area contributed by atoms with Crippen molar-refractivity contribution in [2.75, 3.05) is 6.61 Å². The Kier molecular flexibility index (Phi) is 4.77. The van der Waals surface area contributed by atoms with E-state index in [1.165, 1.54) is 30.4 Å². The van der Waals surface area contributed by atoms with E-state index in [-0.39, 0.29) is 6.04 Å². The molecule has 2 nitrogen and oxygen atoms in total. The van der Waals surface area contributed by atoms with Crippen molar-refractivity contribution in [2.24, 2.45) is 5.73 Å². The van der Waals surface area contributed by atoms with Crippen molar-refractivity contribution >= 4 is 0 Å². The third-order valence-electron chi connectivity index (χ3n) is 3.10. The molecule has 0 amide bonds. The summed E-state index contributed by atoms with van der Waals surface area (Å²) in [6.45, 7) is 1.31. The van der Waals surface area contributed by atoms with Gasteiger partial charge in [-0.15, -0.1) is 0 Å². The number of benzene rings is 1. The first-order chi connectivity index (χ1) is 8.34. The third-order valence-corrected chi connectivity index (χ3v) is 3.10. The third kappa shape index (κ3) is 4.33. The molecular weight excluding hydrogens is 210 g/mol. The maximum Gasteiger partial charge on any atom is 0.0717 e. The first-order valence-electron chi connectivity index (χ1n) is 6.40. The normalized spacial score (nSPS) is 16.9. The highest BCUT2D eigenvalue weighted by Gasteiger charge is 2.09. The molecule has 0 saturated heterocycles. The van der Waals surface area contributed by atoms with Gasteiger partial charge in [0.1, 0.15) is 0 Å². The summed E-state index contributed by atoms with van der Waals surface area (Å²) >= 11 is 0. The predicted octanol–water partition coefficient (Wildman–Crippen LogP) is 3.03. The molecule has 0 radical (unpaired) electrons. The van der Waals surface area contributed by atoms with E-state index in [0.717, 1.165) is 6.42 Å². The molecule has 1 aromatic rings. The second-order valence-corrected chi connectivity index (χ2v) is 4.72. The molecule has 2 N–H and O–H groups in total. The molecule has 0 aliphatic heterocycles. The Morgan fingerprint density at radius 1 is 1.24 bits per heavy atom. The fourth-order valence-corrected chi connectivity index (χ4v) is 2.22. The molecule has 17 heavy (non-hydrogen) atoms. The van der Waals surface area contributed by atoms with Crippen LogP contribution in [0.2, 0.25) is 0 Å². The molecule has 92 valence electrons. The molecule has 1 atom stereocenters. The summed E-state index contributed by atoms with van der Waals surface area (Å²) in [5.74, 6) is 0. The fourth-order valence-electron chi connectivity index (χ4n) is 2.22. The standard InChI is InChI=1S/C15H21NO/c16-15(10-13-6-4-5-7-13)12-17-11-14-8-2-1-3-9-14/h1-3,6,8-9,15H,4-5,7,10-12,16H2. The van der Waals surface area contributed by atoms with Crippen molar-refractivity contribution in [3.8, 4) is 0 Å². The monoisotopic (exact) mass is 231 g/mol. The zero-order valence-electron chi connectivity index (χ0n) is 10.3. The second-order valence-electron chi connectivity index (χ2n) is 4.72. The maximum absolute atomic E-state index is 6.05. The zero-order valence-corrected chi connectivity index (χ0v) is 10.3. The molecule has 2 rings (SSSR count). The molecule has 0 saturated carbocycles. The van der Waals surface area contributed by atoms with Crippen LogP contribution in [0.4, 0.5) is 0 Å². The van der Waals surface area contributed by atoms with E-state index in [1.54, 1.807) is 0 Å². The van der Waals surface area contributed by atoms with Crippen molar-refractivity contribution in [1.29, 1.82) is 0 Å². The van der Waals surface area contributed by atoms with E-state index in [9.17, 15) is 0 Å². The maximum atomic E-state index is 6.05. The molecule has 0 spiro atoms. The van der Waals surface area contributed by atoms with Gasteiger partial charge in [-0.25, -0.2) is 0 Å². The van der Waals surface area contributed by atoms with Crippen molar-refractivity contribution in [1.82, 2.24) is 0 Å². The molecule has 2 heteroatoms. The Labute approximate surface area is 103 Å². The van der Waals surface area contributed by atoms with Crippen LogP contribution >= 0.6 is 0 Å². The Morgan fingerprint density at radius 3 is 2.76 bits per heavy atom. The SMILES string of the molecule is NC(COCc1ccccc1)CC1=CCCC1. The van der Waals surface area contributed by atoms with E-state index in [4.69, 9.17) is 10.5 Å². The van der Waals surface area contributed by atoms with Gasteiger partial charge in [0.15, 0.2) is 0 Å². The summed E-state index contributed by atoms with van der Waals surface area (Å²) in [5, 5.41) is 0. The summed E-state index contributed by atoms with van der Waals surface area (Å²) < 4.78 is 5.64. The topological polar surface area (TPSA) is 35.2 Å². The minimum atomic E-state index is 0.142. The van der Waals surface area contributed by atoms with E-state index < -0.39 is 0 Å². The van der Waals surface area contributed by atoms with Gasteiger partial charge in [0.2, 0.25) is 0 Å². The van der Waals surface area contributed by atoms with Crippen LogP contribution in [0.3, 0.4) is 0 Å². The Balaban J connectivity index is 1.64. The Hall–Kier alpha value is -1.12. The van der Waals surface area contributed by atoms with Gasteiger partial charge in [0.25, 0.3) is 0 Å². The first-order valence-corrected chi connectivity index (χ1v) is 6.40. The van der Waals surface area contributed by atoms with Crippen LogP contribution in [0, 0.1) is 0 Å². The molecule has 0 heterocycles. The minimum Gasteiger partial charge on any atom is -0.375 e. The van der Waals surface area contributed by atoms with Crippen molar-refractivity contribution in [3.63, 3.8) is 0 Å². The highest BCUT2D eigenvalue weighted by Crippen LogP contribution is 2.21. The average molecular weight is 231 g/mol. The lowest BCUT2D eigenvalue weighted by atomic mass is 10.1. The smallest absolute Gasteiger partial charge is 0.0717 e. The van der Waals surface area contributed by atoms with E-state index >= 15 is 0 Å². The van der Waals surface area contributed by atoms with Gasteiger partial charge in [0, 0.05) is 6.04 Å². The summed E-state index contributed by atoms with van der Waals surface area (Å²) in [7, 11) is 0. The molecule has 0 aromatic heterocycles. The Morgan fingerprint density at radius 2 is 2.06 bits per heavy atom. The Bertz CT molecular complexity index is 358. The number of hydrogen-bond donors (Lipinski definition) is 1. The quantitative estimate of drug-likeness (QED) is 0.764. The van der Waals surface area contributed by atoms with Crippen LogP contribution in [0.25, 0.3) is 0 Å². The molecule has 0 bridgehead atoms. The lowest BCUT2D eigenvalue weighted by molar-refractivity contribution is 0.108. The molecule has 1 aliphatic rings. The van der Waals surface area contributed by atoms with Crippen molar-refractivity contribution in [3.05, 3.63) is 47.5 Å². The van der Waals surface area contributed by atoms with Gasteiger partial charge in [0.05, 0.1) is 13.2 Å². The van der Waals surface area contributed by atoms with Gasteiger partial charge in [-0.2, -0.15) is 0 Å². The van der Waals surface area contributed by atoms with Crippen molar-refractivity contribution < 1.29 is 4.74 Å². The fraction of sp³-hybridized carbons (Fsp3) is 0.467. The number of nitrogens with two attached hydrogens (primary N) is 1. The largest absolute Gasteiger partial charge is 0.375 e. The van der Waals surface area contributed by atoms with Crippen LogP contribution in [-0.2, 0) is 11.3 Å². The average Bonchev–Trinajstić information content (AvgIpc) is 2.83. The van der Waals surface area contributed by atoms with Crippen LogP contribution in [0.1, 0.15) is 31.2 Å². The molecule has 1 aliphatic carbocycles. The summed E-state index contributed by atoms with van der Waals surface area (Å²) in [5.41, 5.74) is 8.77. The summed E-state index contributed by atoms with van der Waals surface area (Å²) in [6, 6.07) is 10.4. The molecule has 1 aromatic carbocycles. The predicted molar refractivity (Wildman–Crippen MR) is 70.6 cm³/mol. The van der Waals surface area contributed by atoms with Crippen molar-refractivity contribution in [2.45, 2.75) is 38.3 Å². The lowest BCUT2D eigenvalue weighted by Gasteiger charge is -2.12. The minimum absolute atomic E-state index is 0.142. The second kappa shape index (κ2) is 6.58. The number of allylic oxidation sites excluding steroid dienone is 1. The summed E-state index contributed by atoms with van der Waals surface area (Å²) in [6.07, 6.45) is 7.08. The zero-order chi connectivity index (χ0) is 11.9. The van der Waals surface area contributed by atoms with Gasteiger partial charge in [-0.3, -0.25) is 0 Å². The van der Waals surface area contributed by atoms with Crippen LogP contribution in [0.15, 0.2) is 42.0 Å². The highest BCUT2D eigenvalue weighted by atomic mass is 16.5. The van der Waals surface area contributed by atoms with Gasteiger partial charge >= 0.3 is 0 Å². The first kappa shape index (κ1) is 12.3. The number of ether oxygens (including phenoxy) is 1. The van der Waals surface area contributed by atoms with E-state index in [1.807, 2.05) is 18.2 Å². The summed E-state index contributed by atoms with van der Waals surface area (Å²) in [4.78, 5) is 0. The molecule has 1 unspecified atom stereocenters. The van der Waals surface area contributed by atoms with Crippen LogP contribution < -0.4 is 5.73 Å². The van der Waals surface area contributed by atoms with E-state index in [2.05, 4.69) is 18.2 Å². The number of rotatable bonds is 6. The van der Waals surface area contributed by atoms with Gasteiger partial charge in [-0.05, 0) is 31.2 Å². The molecular formula is C15H21NO. The van der Waals surface area contributed by atoms with Crippen LogP contribution in [0.5, 0.6) is 0 Å². The van der Waals surface area contributed by atoms with Gasteiger partial charge in [-0.1, -0.05) is 42.0 Å². The van der Waals surface area contributed by atoms with Gasteiger partial charge < -0.3 is 10.5 Å². The molecule has 0 fully saturated rings. The highest BCUT2D eigenvalue weighted by molar-refractivity contribution is 5.13. The lowest BCUT2D eigenvalue weighted by Crippen LogP contribution is -2.26. The van der Waals surface area contributed by atoms with Crippen LogP contribution in [-0.4, -0.2) is 12.6 Å². The van der Waals surface area contributed by atoms with E-state index in [0.29, 0.717) is 13.2 Å².